The number of thiazole rings is 1. The van der Waals surface area contributed by atoms with Gasteiger partial charge in [-0.05, 0) is 36.7 Å². The average molecular weight is 291 g/mol. The summed E-state index contributed by atoms with van der Waals surface area (Å²) in [5.74, 6) is 0.0933. The van der Waals surface area contributed by atoms with E-state index in [1.54, 1.807) is 10.6 Å². The Labute approximate surface area is 121 Å². The van der Waals surface area contributed by atoms with Gasteiger partial charge in [0.25, 0.3) is 4.96 Å². The number of imidazole rings is 1. The summed E-state index contributed by atoms with van der Waals surface area (Å²) < 4.78 is 1.57. The maximum absolute atomic E-state index is 11.3. The molecular weight excluding hydrogens is 274 g/mol. The third-order valence-corrected chi connectivity index (χ3v) is 4.53. The fourth-order valence-corrected chi connectivity index (χ4v) is 3.48. The fourth-order valence-electron chi connectivity index (χ4n) is 2.77. The van der Waals surface area contributed by atoms with Crippen LogP contribution in [0.15, 0.2) is 17.2 Å². The Kier molecular flexibility index (Phi) is 3.82. The number of aromatic nitrogens is 2. The van der Waals surface area contributed by atoms with Gasteiger partial charge < -0.3 is 10.1 Å². The van der Waals surface area contributed by atoms with E-state index in [1.807, 2.05) is 11.5 Å². The van der Waals surface area contributed by atoms with Crippen molar-refractivity contribution in [1.29, 1.82) is 0 Å². The molecule has 5 nitrogen and oxygen atoms in total. The normalized spacial score (nSPS) is 16.9. The van der Waals surface area contributed by atoms with Gasteiger partial charge in [0.05, 0.1) is 0 Å². The van der Waals surface area contributed by atoms with Crippen LogP contribution in [-0.2, 0) is 0 Å². The Balaban J connectivity index is 1.97. The molecule has 3 rings (SSSR count). The van der Waals surface area contributed by atoms with Gasteiger partial charge in [0.15, 0.2) is 5.69 Å². The van der Waals surface area contributed by atoms with Gasteiger partial charge in [0, 0.05) is 5.38 Å². The third kappa shape index (κ3) is 2.60. The van der Waals surface area contributed by atoms with Crippen LogP contribution in [0.4, 0.5) is 5.82 Å². The second-order valence-corrected chi connectivity index (χ2v) is 6.08. The molecule has 0 atom stereocenters. The topological polar surface area (TPSA) is 60.4 Å². The number of allylic oxidation sites excluding steroid dienone is 1. The third-order valence-electron chi connectivity index (χ3n) is 3.77. The van der Waals surface area contributed by atoms with E-state index >= 15 is 0 Å². The van der Waals surface area contributed by atoms with Crippen molar-refractivity contribution in [3.63, 3.8) is 0 Å². The van der Waals surface area contributed by atoms with Crippen molar-refractivity contribution >= 4 is 28.2 Å². The van der Waals surface area contributed by atoms with Crippen molar-refractivity contribution in [2.24, 2.45) is 0 Å². The summed E-state index contributed by atoms with van der Waals surface area (Å²) in [6, 6.07) is 0. The van der Waals surface area contributed by atoms with Crippen molar-refractivity contribution < 1.29 is 4.92 Å². The van der Waals surface area contributed by atoms with Gasteiger partial charge in [-0.1, -0.05) is 36.2 Å². The molecule has 2 heterocycles. The summed E-state index contributed by atoms with van der Waals surface area (Å²) in [5, 5.41) is 13.1. The second kappa shape index (κ2) is 5.75. The zero-order chi connectivity index (χ0) is 13.9. The maximum atomic E-state index is 11.3. The summed E-state index contributed by atoms with van der Waals surface area (Å²) in [4.78, 5) is 16.0. The Morgan fingerprint density at radius 3 is 2.65 bits per heavy atom. The molecule has 106 valence electrons. The van der Waals surface area contributed by atoms with Crippen LogP contribution >= 0.6 is 11.3 Å². The maximum Gasteiger partial charge on any atom is 0.355 e. The van der Waals surface area contributed by atoms with Crippen LogP contribution < -0.4 is 0 Å². The van der Waals surface area contributed by atoms with Crippen LogP contribution in [-0.4, -0.2) is 14.3 Å². The van der Waals surface area contributed by atoms with Gasteiger partial charge in [-0.15, -0.1) is 0 Å². The van der Waals surface area contributed by atoms with Gasteiger partial charge in [-0.2, -0.15) is 9.38 Å². The molecule has 1 fully saturated rings. The minimum Gasteiger partial charge on any atom is -0.358 e. The number of hydrogen-bond acceptors (Lipinski definition) is 4. The summed E-state index contributed by atoms with van der Waals surface area (Å²) >= 11 is 1.43. The molecule has 0 aromatic carbocycles. The molecule has 0 saturated heterocycles. The van der Waals surface area contributed by atoms with Gasteiger partial charge >= 0.3 is 5.82 Å². The van der Waals surface area contributed by atoms with Gasteiger partial charge in [0.1, 0.15) is 6.20 Å². The highest BCUT2D eigenvalue weighted by Crippen LogP contribution is 2.29. The largest absolute Gasteiger partial charge is 0.358 e. The summed E-state index contributed by atoms with van der Waals surface area (Å²) in [6.07, 6.45) is 12.0. The summed E-state index contributed by atoms with van der Waals surface area (Å²) in [7, 11) is 0. The van der Waals surface area contributed by atoms with Gasteiger partial charge in [0.2, 0.25) is 0 Å². The molecule has 2 aromatic heterocycles. The number of fused-ring (bicyclic) bond motifs is 1. The minimum atomic E-state index is -0.331. The predicted molar refractivity (Wildman–Crippen MR) is 80.0 cm³/mol. The Bertz CT molecular complexity index is 646. The number of hydrogen-bond donors (Lipinski definition) is 0. The van der Waals surface area contributed by atoms with Crippen molar-refractivity contribution in [1.82, 2.24) is 9.38 Å². The molecule has 0 unspecified atom stereocenters. The molecule has 0 amide bonds. The monoisotopic (exact) mass is 291 g/mol. The van der Waals surface area contributed by atoms with E-state index < -0.39 is 0 Å². The van der Waals surface area contributed by atoms with E-state index in [4.69, 9.17) is 0 Å². The molecule has 1 saturated carbocycles. The zero-order valence-corrected chi connectivity index (χ0v) is 12.1. The lowest BCUT2D eigenvalue weighted by Crippen LogP contribution is -1.96. The van der Waals surface area contributed by atoms with E-state index in [1.165, 1.54) is 49.0 Å². The SMILES string of the molecule is O=[N+]([O-])c1c(C=C2CCCCCCC2)nc2sccn12. The highest BCUT2D eigenvalue weighted by molar-refractivity contribution is 7.15. The molecule has 6 heteroatoms. The zero-order valence-electron chi connectivity index (χ0n) is 11.2. The fraction of sp³-hybridized carbons (Fsp3) is 0.500. The molecule has 0 N–H and O–H groups in total. The van der Waals surface area contributed by atoms with E-state index in [0.29, 0.717) is 10.7 Å². The van der Waals surface area contributed by atoms with Crippen LogP contribution in [0.2, 0.25) is 0 Å². The first-order valence-corrected chi connectivity index (χ1v) is 7.93. The van der Waals surface area contributed by atoms with Gasteiger partial charge in [-0.25, -0.2) is 0 Å². The molecule has 0 aliphatic heterocycles. The average Bonchev–Trinajstić information content (AvgIpc) is 2.91. The summed E-state index contributed by atoms with van der Waals surface area (Å²) in [6.45, 7) is 0. The first-order valence-electron chi connectivity index (χ1n) is 7.05. The number of rotatable bonds is 2. The number of nitro groups is 1. The highest BCUT2D eigenvalue weighted by Gasteiger charge is 2.22. The minimum absolute atomic E-state index is 0.0933. The van der Waals surface area contributed by atoms with E-state index in [9.17, 15) is 10.1 Å². The van der Waals surface area contributed by atoms with E-state index in [-0.39, 0.29) is 10.7 Å². The van der Waals surface area contributed by atoms with Crippen molar-refractivity contribution in [3.8, 4) is 0 Å². The number of nitrogens with zero attached hydrogens (tertiary/aromatic N) is 3. The van der Waals surface area contributed by atoms with Crippen LogP contribution in [0.25, 0.3) is 11.0 Å². The molecule has 0 spiro atoms. The smallest absolute Gasteiger partial charge is 0.355 e. The Morgan fingerprint density at radius 1 is 1.25 bits per heavy atom. The van der Waals surface area contributed by atoms with Crippen molar-refractivity contribution in [2.75, 3.05) is 0 Å². The summed E-state index contributed by atoms with van der Waals surface area (Å²) in [5.41, 5.74) is 1.82. The molecule has 1 aliphatic rings. The van der Waals surface area contributed by atoms with Crippen LogP contribution in [0.1, 0.15) is 50.6 Å². The first kappa shape index (κ1) is 13.3. The quantitative estimate of drug-likeness (QED) is 0.607. The van der Waals surface area contributed by atoms with E-state index in [2.05, 4.69) is 4.98 Å². The predicted octanol–water partition coefficient (Wildman–Crippen LogP) is 4.43. The molecule has 1 aliphatic carbocycles. The molecule has 0 radical (unpaired) electrons. The van der Waals surface area contributed by atoms with Crippen LogP contribution in [0.3, 0.4) is 0 Å². The lowest BCUT2D eigenvalue weighted by Gasteiger charge is -2.11. The lowest BCUT2D eigenvalue weighted by atomic mass is 9.95. The Morgan fingerprint density at radius 2 is 1.95 bits per heavy atom. The second-order valence-electron chi connectivity index (χ2n) is 5.20. The van der Waals surface area contributed by atoms with E-state index in [0.717, 1.165) is 12.8 Å². The molecule has 0 bridgehead atoms. The van der Waals surface area contributed by atoms with Crippen molar-refractivity contribution in [3.05, 3.63) is 33.0 Å². The van der Waals surface area contributed by atoms with Crippen LogP contribution in [0, 0.1) is 10.1 Å². The molecular formula is C14H17N3O2S. The first-order chi connectivity index (χ1) is 9.75. The Hall–Kier alpha value is -1.69. The molecule has 2 aromatic rings. The highest BCUT2D eigenvalue weighted by atomic mass is 32.1. The molecule has 20 heavy (non-hydrogen) atoms. The van der Waals surface area contributed by atoms with Crippen molar-refractivity contribution in [2.45, 2.75) is 44.9 Å². The standard InChI is InChI=1S/C14H17N3O2S/c18-17(19)13-12(15-14-16(13)8-9-20-14)10-11-6-4-2-1-3-5-7-11/h8-10H,1-7H2. The van der Waals surface area contributed by atoms with Gasteiger partial charge in [-0.3, -0.25) is 0 Å². The lowest BCUT2D eigenvalue weighted by molar-refractivity contribution is -0.390. The van der Waals surface area contributed by atoms with Crippen LogP contribution in [0.5, 0.6) is 0 Å².